The quantitative estimate of drug-likeness (QED) is 0.473. The van der Waals surface area contributed by atoms with E-state index in [1.54, 1.807) is 13.3 Å². The molecule has 2 atom stereocenters. The van der Waals surface area contributed by atoms with E-state index in [0.29, 0.717) is 24.4 Å². The number of hydrogen-bond donors (Lipinski definition) is 2. The molecule has 0 bridgehead atoms. The average Bonchev–Trinajstić information content (AvgIpc) is 3.43. The van der Waals surface area contributed by atoms with Crippen molar-refractivity contribution in [3.63, 3.8) is 0 Å². The normalized spacial score (nSPS) is 22.9. The number of carbonyl (C=O) groups excluding carboxylic acids is 1. The van der Waals surface area contributed by atoms with Crippen LogP contribution >= 0.6 is 0 Å². The van der Waals surface area contributed by atoms with Gasteiger partial charge in [-0.1, -0.05) is 6.92 Å². The number of aromatic amines is 1. The monoisotopic (exact) mass is 506 g/mol. The van der Waals surface area contributed by atoms with Crippen LogP contribution in [-0.4, -0.2) is 68.4 Å². The maximum atomic E-state index is 13.1. The average molecular weight is 507 g/mol. The topological polar surface area (TPSA) is 131 Å². The lowest BCUT2D eigenvalue weighted by atomic mass is 9.78. The van der Waals surface area contributed by atoms with Crippen LogP contribution in [0.5, 0.6) is 11.8 Å². The number of nitrogens with zero attached hydrogens (tertiary/aromatic N) is 6. The van der Waals surface area contributed by atoms with E-state index >= 15 is 0 Å². The van der Waals surface area contributed by atoms with Crippen molar-refractivity contribution >= 4 is 22.9 Å². The van der Waals surface area contributed by atoms with Gasteiger partial charge in [-0.2, -0.15) is 20.1 Å². The molecule has 0 radical (unpaired) electrons. The van der Waals surface area contributed by atoms with E-state index in [1.807, 2.05) is 6.07 Å². The smallest absolute Gasteiger partial charge is 0.321 e. The Balaban J connectivity index is 1.20. The molecule has 2 saturated carbocycles. The van der Waals surface area contributed by atoms with Gasteiger partial charge in [0.2, 0.25) is 11.8 Å². The van der Waals surface area contributed by atoms with E-state index in [1.165, 1.54) is 0 Å². The van der Waals surface area contributed by atoms with E-state index in [9.17, 15) is 4.79 Å². The molecule has 196 valence electrons. The minimum atomic E-state index is -0.270. The molecule has 37 heavy (non-hydrogen) atoms. The fraction of sp³-hybridized carbons (Fsp3) is 0.615. The molecule has 0 spiro atoms. The number of rotatable bonds is 8. The number of ether oxygens (including phenoxy) is 2. The summed E-state index contributed by atoms with van der Waals surface area (Å²) < 4.78 is 11.5. The standard InChI is InChI=1S/C26H34N8O3/c1-15-13-17(15)14-37-25-29-22(23(35)31-26(2)8-4-9-26)28-24(30-25)34-11-6-16(7-12-34)20-19-18(36-3)5-10-27-21(19)33-32-20/h5,10,15-17H,4,6-9,11-14H2,1-3H3,(H,31,35)(H,27,32,33)/t15-,17-/m1/s1. The number of methoxy groups -OCH3 is 1. The summed E-state index contributed by atoms with van der Waals surface area (Å²) >= 11 is 0. The lowest BCUT2D eigenvalue weighted by Gasteiger charge is -2.38. The highest BCUT2D eigenvalue weighted by Gasteiger charge is 2.36. The first-order valence-corrected chi connectivity index (χ1v) is 13.3. The second-order valence-electron chi connectivity index (χ2n) is 11.0. The zero-order valence-electron chi connectivity index (χ0n) is 21.7. The number of hydrogen-bond acceptors (Lipinski definition) is 9. The van der Waals surface area contributed by atoms with Crippen molar-refractivity contribution in [2.75, 3.05) is 31.7 Å². The van der Waals surface area contributed by atoms with E-state index in [0.717, 1.165) is 74.1 Å². The third-order valence-corrected chi connectivity index (χ3v) is 8.22. The molecular weight excluding hydrogens is 472 g/mol. The zero-order valence-corrected chi connectivity index (χ0v) is 21.7. The first kappa shape index (κ1) is 23.9. The molecule has 3 fully saturated rings. The summed E-state index contributed by atoms with van der Waals surface area (Å²) in [7, 11) is 1.66. The van der Waals surface area contributed by atoms with E-state index in [-0.39, 0.29) is 29.2 Å². The molecule has 2 N–H and O–H groups in total. The summed E-state index contributed by atoms with van der Waals surface area (Å²) in [6, 6.07) is 2.09. The number of H-pyrrole nitrogens is 1. The van der Waals surface area contributed by atoms with E-state index in [2.05, 4.69) is 54.2 Å². The van der Waals surface area contributed by atoms with Crippen LogP contribution in [0.3, 0.4) is 0 Å². The lowest BCUT2D eigenvalue weighted by Crippen LogP contribution is -2.51. The molecular formula is C26H34N8O3. The van der Waals surface area contributed by atoms with Gasteiger partial charge in [0.15, 0.2) is 5.65 Å². The van der Waals surface area contributed by atoms with Crippen LogP contribution in [0.25, 0.3) is 11.0 Å². The van der Waals surface area contributed by atoms with Crippen LogP contribution in [0.15, 0.2) is 12.3 Å². The zero-order chi connectivity index (χ0) is 25.6. The van der Waals surface area contributed by atoms with Crippen LogP contribution in [0.1, 0.15) is 74.6 Å². The van der Waals surface area contributed by atoms with E-state index < -0.39 is 0 Å². The van der Waals surface area contributed by atoms with Crippen molar-refractivity contribution in [3.05, 3.63) is 23.8 Å². The summed E-state index contributed by atoms with van der Waals surface area (Å²) in [4.78, 5) is 33.1. The van der Waals surface area contributed by atoms with Crippen molar-refractivity contribution in [1.82, 2.24) is 35.5 Å². The molecule has 3 aromatic heterocycles. The van der Waals surface area contributed by atoms with Gasteiger partial charge < -0.3 is 19.7 Å². The molecule has 0 unspecified atom stereocenters. The third-order valence-electron chi connectivity index (χ3n) is 8.22. The Morgan fingerprint density at radius 3 is 2.70 bits per heavy atom. The van der Waals surface area contributed by atoms with Crippen LogP contribution in [0, 0.1) is 11.8 Å². The number of nitrogens with one attached hydrogen (secondary N) is 2. The lowest BCUT2D eigenvalue weighted by molar-refractivity contribution is 0.0837. The van der Waals surface area contributed by atoms with Crippen molar-refractivity contribution in [3.8, 4) is 11.8 Å². The van der Waals surface area contributed by atoms with Gasteiger partial charge in [-0.3, -0.25) is 9.89 Å². The molecule has 11 nitrogen and oxygen atoms in total. The first-order valence-electron chi connectivity index (χ1n) is 13.3. The number of carbonyl (C=O) groups is 1. The number of fused-ring (bicyclic) bond motifs is 1. The van der Waals surface area contributed by atoms with Gasteiger partial charge in [-0.05, 0) is 63.4 Å². The first-order chi connectivity index (χ1) is 17.9. The minimum absolute atomic E-state index is 0.119. The molecule has 0 aromatic carbocycles. The summed E-state index contributed by atoms with van der Waals surface area (Å²) in [6.45, 7) is 6.29. The highest BCUT2D eigenvalue weighted by molar-refractivity contribution is 5.91. The second kappa shape index (κ2) is 9.42. The molecule has 1 aliphatic heterocycles. The predicted molar refractivity (Wildman–Crippen MR) is 137 cm³/mol. The van der Waals surface area contributed by atoms with Crippen LogP contribution in [0.2, 0.25) is 0 Å². The minimum Gasteiger partial charge on any atom is -0.496 e. The molecule has 1 saturated heterocycles. The van der Waals surface area contributed by atoms with E-state index in [4.69, 9.17) is 9.47 Å². The van der Waals surface area contributed by atoms with Crippen LogP contribution < -0.4 is 19.7 Å². The number of pyridine rings is 1. The Morgan fingerprint density at radius 2 is 2.03 bits per heavy atom. The fourth-order valence-electron chi connectivity index (χ4n) is 5.39. The maximum Gasteiger partial charge on any atom is 0.321 e. The van der Waals surface area contributed by atoms with Gasteiger partial charge in [0.25, 0.3) is 5.91 Å². The molecule has 4 heterocycles. The van der Waals surface area contributed by atoms with Crippen molar-refractivity contribution < 1.29 is 14.3 Å². The van der Waals surface area contributed by atoms with Crippen LogP contribution in [-0.2, 0) is 0 Å². The number of aromatic nitrogens is 6. The van der Waals surface area contributed by atoms with Crippen molar-refractivity contribution in [2.45, 2.75) is 63.8 Å². The molecule has 2 aliphatic carbocycles. The molecule has 6 rings (SSSR count). The summed E-state index contributed by atoms with van der Waals surface area (Å²) in [5, 5.41) is 11.7. The van der Waals surface area contributed by atoms with Gasteiger partial charge in [0, 0.05) is 30.7 Å². The largest absolute Gasteiger partial charge is 0.496 e. The number of anilines is 1. The third kappa shape index (κ3) is 4.78. The fourth-order valence-corrected chi connectivity index (χ4v) is 5.39. The Bertz CT molecular complexity index is 1300. The van der Waals surface area contributed by atoms with Crippen molar-refractivity contribution in [2.24, 2.45) is 11.8 Å². The van der Waals surface area contributed by atoms with Gasteiger partial charge >= 0.3 is 6.01 Å². The highest BCUT2D eigenvalue weighted by Crippen LogP contribution is 2.38. The number of amides is 1. The molecule has 11 heteroatoms. The highest BCUT2D eigenvalue weighted by atomic mass is 16.5. The predicted octanol–water partition coefficient (Wildman–Crippen LogP) is 3.24. The Kier molecular flexibility index (Phi) is 6.08. The maximum absolute atomic E-state index is 13.1. The summed E-state index contributed by atoms with van der Waals surface area (Å²) in [6.07, 6.45) is 7.65. The Labute approximate surface area is 215 Å². The molecule has 3 aliphatic rings. The Morgan fingerprint density at radius 1 is 1.24 bits per heavy atom. The van der Waals surface area contributed by atoms with Gasteiger partial charge in [0.1, 0.15) is 5.75 Å². The summed E-state index contributed by atoms with van der Waals surface area (Å²) in [5.74, 6) is 2.55. The number of piperidine rings is 1. The summed E-state index contributed by atoms with van der Waals surface area (Å²) in [5.41, 5.74) is 1.53. The van der Waals surface area contributed by atoms with Gasteiger partial charge in [0.05, 0.1) is 24.8 Å². The van der Waals surface area contributed by atoms with Gasteiger partial charge in [-0.25, -0.2) is 4.98 Å². The molecule has 1 amide bonds. The SMILES string of the molecule is COc1ccnc2[nH]nc(C3CCN(c4nc(OC[C@H]5C[C@H]5C)nc(C(=O)NC5(C)CCC5)n4)CC3)c12. The second-order valence-corrected chi connectivity index (χ2v) is 11.0. The van der Waals surface area contributed by atoms with Crippen LogP contribution in [0.4, 0.5) is 5.95 Å². The van der Waals surface area contributed by atoms with Crippen molar-refractivity contribution in [1.29, 1.82) is 0 Å². The molecule has 3 aromatic rings. The van der Waals surface area contributed by atoms with Gasteiger partial charge in [-0.15, -0.1) is 0 Å². The Hall–Kier alpha value is -3.50.